The molecule has 22 heavy (non-hydrogen) atoms. The summed E-state index contributed by atoms with van der Waals surface area (Å²) >= 11 is 0. The molecular formula is C15H22N6O. The minimum atomic E-state index is 0.0287. The zero-order chi connectivity index (χ0) is 15.8. The highest BCUT2D eigenvalue weighted by atomic mass is 16.1. The lowest BCUT2D eigenvalue weighted by molar-refractivity contribution is -0.116. The maximum atomic E-state index is 11.9. The van der Waals surface area contributed by atoms with Gasteiger partial charge in [0.25, 0.3) is 0 Å². The zero-order valence-corrected chi connectivity index (χ0v) is 12.8. The summed E-state index contributed by atoms with van der Waals surface area (Å²) in [7, 11) is 1.78. The zero-order valence-electron chi connectivity index (χ0n) is 12.8. The molecule has 0 atom stereocenters. The van der Waals surface area contributed by atoms with E-state index in [0.717, 1.165) is 43.5 Å². The van der Waals surface area contributed by atoms with E-state index in [9.17, 15) is 4.79 Å². The number of nitrogens with zero attached hydrogens (tertiary/aromatic N) is 4. The summed E-state index contributed by atoms with van der Waals surface area (Å²) in [5, 5.41) is 14.3. The number of hydrogen-bond donors (Lipinski definition) is 2. The van der Waals surface area contributed by atoms with E-state index in [0.29, 0.717) is 12.2 Å². The van der Waals surface area contributed by atoms with Gasteiger partial charge in [-0.3, -0.25) is 4.79 Å². The average molecular weight is 302 g/mol. The molecule has 1 aromatic carbocycles. The van der Waals surface area contributed by atoms with Crippen molar-refractivity contribution in [1.82, 2.24) is 20.2 Å². The molecule has 0 aliphatic heterocycles. The number of benzene rings is 1. The summed E-state index contributed by atoms with van der Waals surface area (Å²) in [5.41, 5.74) is 7.07. The minimum absolute atomic E-state index is 0.0287. The summed E-state index contributed by atoms with van der Waals surface area (Å²) in [6.45, 7) is 0.718. The molecule has 0 aliphatic rings. The summed E-state index contributed by atoms with van der Waals surface area (Å²) in [6, 6.07) is 7.52. The van der Waals surface area contributed by atoms with Crippen molar-refractivity contribution >= 4 is 11.6 Å². The van der Waals surface area contributed by atoms with Crippen LogP contribution in [0.3, 0.4) is 0 Å². The fourth-order valence-corrected chi connectivity index (χ4v) is 2.22. The van der Waals surface area contributed by atoms with Gasteiger partial charge in [0.05, 0.1) is 0 Å². The molecule has 7 nitrogen and oxygen atoms in total. The number of tetrazole rings is 1. The van der Waals surface area contributed by atoms with Gasteiger partial charge in [0.1, 0.15) is 0 Å². The van der Waals surface area contributed by atoms with Gasteiger partial charge in [0.2, 0.25) is 5.91 Å². The molecule has 7 heteroatoms. The van der Waals surface area contributed by atoms with Crippen LogP contribution in [-0.2, 0) is 11.8 Å². The highest BCUT2D eigenvalue weighted by Crippen LogP contribution is 2.19. The summed E-state index contributed by atoms with van der Waals surface area (Å²) in [4.78, 5) is 11.9. The van der Waals surface area contributed by atoms with E-state index in [1.807, 2.05) is 24.3 Å². The Labute approximate surface area is 129 Å². The van der Waals surface area contributed by atoms with Crippen molar-refractivity contribution in [2.24, 2.45) is 12.8 Å². The van der Waals surface area contributed by atoms with Gasteiger partial charge in [-0.2, -0.15) is 0 Å². The maximum absolute atomic E-state index is 11.9. The van der Waals surface area contributed by atoms with Crippen molar-refractivity contribution in [2.45, 2.75) is 32.1 Å². The first kappa shape index (κ1) is 16.1. The van der Waals surface area contributed by atoms with E-state index >= 15 is 0 Å². The third-order valence-corrected chi connectivity index (χ3v) is 3.38. The molecule has 0 bridgehead atoms. The Morgan fingerprint density at radius 1 is 1.27 bits per heavy atom. The molecule has 0 saturated heterocycles. The second kappa shape index (κ2) is 8.23. The Morgan fingerprint density at radius 2 is 2.09 bits per heavy atom. The molecule has 2 rings (SSSR count). The van der Waals surface area contributed by atoms with Gasteiger partial charge in [0.15, 0.2) is 5.82 Å². The van der Waals surface area contributed by atoms with Gasteiger partial charge >= 0.3 is 0 Å². The maximum Gasteiger partial charge on any atom is 0.224 e. The number of aromatic nitrogens is 4. The number of anilines is 1. The summed E-state index contributed by atoms with van der Waals surface area (Å²) in [6.07, 6.45) is 4.56. The van der Waals surface area contributed by atoms with Crippen LogP contribution in [0.15, 0.2) is 24.3 Å². The minimum Gasteiger partial charge on any atom is -0.330 e. The number of amides is 1. The molecule has 0 spiro atoms. The number of hydrogen-bond acceptors (Lipinski definition) is 5. The van der Waals surface area contributed by atoms with Crippen LogP contribution in [0.4, 0.5) is 5.69 Å². The molecule has 1 heterocycles. The standard InChI is InChI=1S/C15H22N6O/c1-21-15(18-19-20-21)12-7-6-8-13(11-12)17-14(22)9-4-2-3-5-10-16/h6-8,11H,2-5,9-10,16H2,1H3,(H,17,22). The molecule has 0 aliphatic carbocycles. The van der Waals surface area contributed by atoms with Crippen LogP contribution in [0.2, 0.25) is 0 Å². The van der Waals surface area contributed by atoms with Gasteiger partial charge in [-0.05, 0) is 41.9 Å². The molecule has 1 amide bonds. The summed E-state index contributed by atoms with van der Waals surface area (Å²) < 4.78 is 1.60. The number of nitrogens with one attached hydrogen (secondary N) is 1. The largest absolute Gasteiger partial charge is 0.330 e. The number of unbranched alkanes of at least 4 members (excludes halogenated alkanes) is 3. The first-order chi connectivity index (χ1) is 10.7. The normalized spacial score (nSPS) is 10.6. The van der Waals surface area contributed by atoms with E-state index in [1.165, 1.54) is 0 Å². The molecule has 2 aromatic rings. The van der Waals surface area contributed by atoms with E-state index in [2.05, 4.69) is 20.8 Å². The molecule has 3 N–H and O–H groups in total. The fraction of sp³-hybridized carbons (Fsp3) is 0.467. The van der Waals surface area contributed by atoms with Crippen LogP contribution in [0.1, 0.15) is 32.1 Å². The predicted molar refractivity (Wildman–Crippen MR) is 85.0 cm³/mol. The van der Waals surface area contributed by atoms with Crippen molar-refractivity contribution in [1.29, 1.82) is 0 Å². The Kier molecular flexibility index (Phi) is 6.02. The van der Waals surface area contributed by atoms with E-state index in [1.54, 1.807) is 11.7 Å². The van der Waals surface area contributed by atoms with Crippen molar-refractivity contribution < 1.29 is 4.79 Å². The van der Waals surface area contributed by atoms with Gasteiger partial charge in [-0.1, -0.05) is 25.0 Å². The molecular weight excluding hydrogens is 280 g/mol. The van der Waals surface area contributed by atoms with Crippen LogP contribution < -0.4 is 11.1 Å². The smallest absolute Gasteiger partial charge is 0.224 e. The topological polar surface area (TPSA) is 98.7 Å². The third kappa shape index (κ3) is 4.63. The van der Waals surface area contributed by atoms with Crippen molar-refractivity contribution in [2.75, 3.05) is 11.9 Å². The number of carbonyl (C=O) groups is 1. The number of nitrogens with two attached hydrogens (primary N) is 1. The molecule has 0 saturated carbocycles. The lowest BCUT2D eigenvalue weighted by atomic mass is 10.1. The van der Waals surface area contributed by atoms with E-state index in [-0.39, 0.29) is 5.91 Å². The van der Waals surface area contributed by atoms with Crippen molar-refractivity contribution in [3.63, 3.8) is 0 Å². The van der Waals surface area contributed by atoms with Crippen molar-refractivity contribution in [3.05, 3.63) is 24.3 Å². The SMILES string of the molecule is Cn1nnnc1-c1cccc(NC(=O)CCCCCCN)c1. The van der Waals surface area contributed by atoms with Crippen LogP contribution in [0.25, 0.3) is 11.4 Å². The number of rotatable bonds is 8. The van der Waals surface area contributed by atoms with Gasteiger partial charge in [0, 0.05) is 24.7 Å². The van der Waals surface area contributed by atoms with Gasteiger partial charge < -0.3 is 11.1 Å². The molecule has 118 valence electrons. The number of carbonyl (C=O) groups excluding carboxylic acids is 1. The fourth-order valence-electron chi connectivity index (χ4n) is 2.22. The number of aryl methyl sites for hydroxylation is 1. The molecule has 0 fully saturated rings. The molecule has 0 radical (unpaired) electrons. The molecule has 1 aromatic heterocycles. The monoisotopic (exact) mass is 302 g/mol. The first-order valence-electron chi connectivity index (χ1n) is 7.53. The Bertz CT molecular complexity index is 610. The Hall–Kier alpha value is -2.28. The van der Waals surface area contributed by atoms with Crippen LogP contribution in [-0.4, -0.2) is 32.7 Å². The predicted octanol–water partition coefficient (Wildman–Crippen LogP) is 1.72. The Balaban J connectivity index is 1.88. The third-order valence-electron chi connectivity index (χ3n) is 3.38. The first-order valence-corrected chi connectivity index (χ1v) is 7.53. The summed E-state index contributed by atoms with van der Waals surface area (Å²) in [5.74, 6) is 0.693. The van der Waals surface area contributed by atoms with Gasteiger partial charge in [-0.25, -0.2) is 4.68 Å². The van der Waals surface area contributed by atoms with Crippen LogP contribution in [0, 0.1) is 0 Å². The average Bonchev–Trinajstić information content (AvgIpc) is 2.93. The quantitative estimate of drug-likeness (QED) is 0.723. The lowest BCUT2D eigenvalue weighted by Crippen LogP contribution is -2.11. The van der Waals surface area contributed by atoms with Gasteiger partial charge in [-0.15, -0.1) is 5.10 Å². The highest BCUT2D eigenvalue weighted by molar-refractivity contribution is 5.91. The van der Waals surface area contributed by atoms with Crippen molar-refractivity contribution in [3.8, 4) is 11.4 Å². The lowest BCUT2D eigenvalue weighted by Gasteiger charge is -2.07. The second-order valence-electron chi connectivity index (χ2n) is 5.21. The highest BCUT2D eigenvalue weighted by Gasteiger charge is 2.08. The van der Waals surface area contributed by atoms with E-state index in [4.69, 9.17) is 5.73 Å². The van der Waals surface area contributed by atoms with Crippen LogP contribution in [0.5, 0.6) is 0 Å². The van der Waals surface area contributed by atoms with E-state index < -0.39 is 0 Å². The van der Waals surface area contributed by atoms with Crippen LogP contribution >= 0.6 is 0 Å². The Morgan fingerprint density at radius 3 is 2.82 bits per heavy atom. The molecule has 0 unspecified atom stereocenters. The second-order valence-corrected chi connectivity index (χ2v) is 5.21.